The molecule has 0 bridgehead atoms. The number of fused-ring (bicyclic) bond motifs is 2. The number of benzene rings is 1. The normalized spacial score (nSPS) is 30.0. The fraction of sp³-hybridized carbons (Fsp3) is 0.571. The molecular formula is C14H20N2O2. The van der Waals surface area contributed by atoms with E-state index in [9.17, 15) is 5.11 Å². The lowest BCUT2D eigenvalue weighted by Gasteiger charge is -2.43. The van der Waals surface area contributed by atoms with E-state index in [-0.39, 0.29) is 12.5 Å². The molecule has 2 heterocycles. The van der Waals surface area contributed by atoms with E-state index < -0.39 is 0 Å². The lowest BCUT2D eigenvalue weighted by Crippen LogP contribution is -2.49. The number of hydrogen-bond acceptors (Lipinski definition) is 4. The van der Waals surface area contributed by atoms with Crippen LogP contribution in [0.2, 0.25) is 0 Å². The van der Waals surface area contributed by atoms with E-state index in [0.29, 0.717) is 12.0 Å². The third-order valence-electron chi connectivity index (χ3n) is 4.24. The van der Waals surface area contributed by atoms with Crippen molar-refractivity contribution in [1.29, 1.82) is 0 Å². The Balaban J connectivity index is 1.98. The summed E-state index contributed by atoms with van der Waals surface area (Å²) in [5, 5.41) is 16.7. The highest BCUT2D eigenvalue weighted by Gasteiger charge is 2.37. The maximum Gasteiger partial charge on any atom is 0.120 e. The number of aliphatic hydroxyl groups excluding tert-OH is 1. The molecule has 3 rings (SSSR count). The first-order chi connectivity index (χ1) is 8.83. The SMILES string of the molecule is COc1ccc2c(c1)NC1CCNCC1C2CO. The van der Waals surface area contributed by atoms with Gasteiger partial charge in [-0.3, -0.25) is 0 Å². The van der Waals surface area contributed by atoms with Gasteiger partial charge in [0.05, 0.1) is 13.7 Å². The van der Waals surface area contributed by atoms with Gasteiger partial charge in [0.1, 0.15) is 5.75 Å². The van der Waals surface area contributed by atoms with Crippen molar-refractivity contribution < 1.29 is 9.84 Å². The van der Waals surface area contributed by atoms with Crippen LogP contribution in [0.4, 0.5) is 5.69 Å². The van der Waals surface area contributed by atoms with Gasteiger partial charge in [0.15, 0.2) is 0 Å². The molecule has 2 aliphatic heterocycles. The number of rotatable bonds is 2. The Kier molecular flexibility index (Phi) is 3.14. The summed E-state index contributed by atoms with van der Waals surface area (Å²) in [6, 6.07) is 6.55. The molecule has 1 saturated heterocycles. The predicted octanol–water partition coefficient (Wildman–Crippen LogP) is 1.17. The Hall–Kier alpha value is -1.26. The van der Waals surface area contributed by atoms with Crippen LogP contribution in [-0.4, -0.2) is 38.0 Å². The summed E-state index contributed by atoms with van der Waals surface area (Å²) in [6.45, 7) is 2.24. The number of nitrogens with one attached hydrogen (secondary N) is 2. The van der Waals surface area contributed by atoms with E-state index >= 15 is 0 Å². The zero-order valence-corrected chi connectivity index (χ0v) is 10.6. The predicted molar refractivity (Wildman–Crippen MR) is 71.2 cm³/mol. The van der Waals surface area contributed by atoms with Crippen LogP contribution in [0, 0.1) is 5.92 Å². The number of piperidine rings is 1. The largest absolute Gasteiger partial charge is 0.497 e. The molecule has 0 spiro atoms. The molecule has 0 aromatic heterocycles. The highest BCUT2D eigenvalue weighted by atomic mass is 16.5. The lowest BCUT2D eigenvalue weighted by molar-refractivity contribution is 0.189. The Morgan fingerprint density at radius 1 is 1.44 bits per heavy atom. The van der Waals surface area contributed by atoms with E-state index in [4.69, 9.17) is 4.74 Å². The van der Waals surface area contributed by atoms with Crippen molar-refractivity contribution >= 4 is 5.69 Å². The van der Waals surface area contributed by atoms with E-state index in [2.05, 4.69) is 16.7 Å². The second kappa shape index (κ2) is 4.78. The molecule has 0 saturated carbocycles. The second-order valence-corrected chi connectivity index (χ2v) is 5.15. The van der Waals surface area contributed by atoms with Gasteiger partial charge in [0.25, 0.3) is 0 Å². The van der Waals surface area contributed by atoms with Crippen LogP contribution in [0.1, 0.15) is 17.9 Å². The lowest BCUT2D eigenvalue weighted by atomic mass is 9.75. The van der Waals surface area contributed by atoms with Crippen molar-refractivity contribution in [3.05, 3.63) is 23.8 Å². The van der Waals surface area contributed by atoms with Gasteiger partial charge < -0.3 is 20.5 Å². The van der Waals surface area contributed by atoms with Crippen LogP contribution in [0.5, 0.6) is 5.75 Å². The molecule has 2 aliphatic rings. The van der Waals surface area contributed by atoms with Crippen LogP contribution >= 0.6 is 0 Å². The van der Waals surface area contributed by atoms with Gasteiger partial charge in [-0.15, -0.1) is 0 Å². The molecular weight excluding hydrogens is 228 g/mol. The Bertz CT molecular complexity index is 436. The maximum atomic E-state index is 9.72. The summed E-state index contributed by atoms with van der Waals surface area (Å²) in [7, 11) is 1.68. The monoisotopic (exact) mass is 248 g/mol. The van der Waals surface area contributed by atoms with Gasteiger partial charge >= 0.3 is 0 Å². The zero-order chi connectivity index (χ0) is 12.5. The molecule has 18 heavy (non-hydrogen) atoms. The summed E-state index contributed by atoms with van der Waals surface area (Å²) >= 11 is 0. The molecule has 0 amide bonds. The van der Waals surface area contributed by atoms with Crippen LogP contribution in [0.15, 0.2) is 18.2 Å². The summed E-state index contributed by atoms with van der Waals surface area (Å²) in [5.41, 5.74) is 2.33. The quantitative estimate of drug-likeness (QED) is 0.735. The molecule has 0 radical (unpaired) electrons. The van der Waals surface area contributed by atoms with Crippen LogP contribution in [0.3, 0.4) is 0 Å². The average Bonchev–Trinajstić information content (AvgIpc) is 2.44. The fourth-order valence-electron chi connectivity index (χ4n) is 3.26. The molecule has 1 aromatic carbocycles. The minimum atomic E-state index is 0.212. The van der Waals surface area contributed by atoms with E-state index in [0.717, 1.165) is 30.9 Å². The van der Waals surface area contributed by atoms with E-state index in [1.54, 1.807) is 7.11 Å². The molecule has 1 aromatic rings. The minimum absolute atomic E-state index is 0.212. The van der Waals surface area contributed by atoms with Crippen molar-refractivity contribution in [1.82, 2.24) is 5.32 Å². The summed E-state index contributed by atoms with van der Waals surface area (Å²) in [5.74, 6) is 1.57. The molecule has 4 nitrogen and oxygen atoms in total. The highest BCUT2D eigenvalue weighted by Crippen LogP contribution is 2.41. The first-order valence-corrected chi connectivity index (χ1v) is 6.59. The molecule has 3 N–H and O–H groups in total. The molecule has 3 unspecified atom stereocenters. The first-order valence-electron chi connectivity index (χ1n) is 6.59. The third-order valence-corrected chi connectivity index (χ3v) is 4.24. The summed E-state index contributed by atoms with van der Waals surface area (Å²) < 4.78 is 5.27. The Morgan fingerprint density at radius 3 is 3.11 bits per heavy atom. The average molecular weight is 248 g/mol. The van der Waals surface area contributed by atoms with E-state index in [1.807, 2.05) is 12.1 Å². The highest BCUT2D eigenvalue weighted by molar-refractivity contribution is 5.59. The number of anilines is 1. The minimum Gasteiger partial charge on any atom is -0.497 e. The topological polar surface area (TPSA) is 53.5 Å². The second-order valence-electron chi connectivity index (χ2n) is 5.15. The standard InChI is InChI=1S/C14H20N2O2/c1-18-9-2-3-10-12(8-17)11-7-15-5-4-13(11)16-14(10)6-9/h2-3,6,11-13,15-17H,4-5,7-8H2,1H3. The smallest absolute Gasteiger partial charge is 0.120 e. The maximum absolute atomic E-state index is 9.72. The summed E-state index contributed by atoms with van der Waals surface area (Å²) in [6.07, 6.45) is 1.11. The van der Waals surface area contributed by atoms with Gasteiger partial charge in [-0.05, 0) is 24.6 Å². The molecule has 4 heteroatoms. The van der Waals surface area contributed by atoms with Gasteiger partial charge in [0.2, 0.25) is 0 Å². The summed E-state index contributed by atoms with van der Waals surface area (Å²) in [4.78, 5) is 0. The number of hydrogen-bond donors (Lipinski definition) is 3. The Morgan fingerprint density at radius 2 is 2.33 bits per heavy atom. The van der Waals surface area contributed by atoms with Crippen molar-refractivity contribution in [2.24, 2.45) is 5.92 Å². The zero-order valence-electron chi connectivity index (χ0n) is 10.6. The third kappa shape index (κ3) is 1.85. The first kappa shape index (κ1) is 11.8. The Labute approximate surface area is 107 Å². The van der Waals surface area contributed by atoms with Crippen molar-refractivity contribution in [3.63, 3.8) is 0 Å². The number of aliphatic hydroxyl groups is 1. The van der Waals surface area contributed by atoms with Crippen LogP contribution in [0.25, 0.3) is 0 Å². The number of methoxy groups -OCH3 is 1. The van der Waals surface area contributed by atoms with Gasteiger partial charge in [0, 0.05) is 36.2 Å². The number of ether oxygens (including phenoxy) is 1. The van der Waals surface area contributed by atoms with Crippen LogP contribution < -0.4 is 15.4 Å². The molecule has 1 fully saturated rings. The van der Waals surface area contributed by atoms with Crippen molar-refractivity contribution in [2.45, 2.75) is 18.4 Å². The molecule has 0 aliphatic carbocycles. The van der Waals surface area contributed by atoms with E-state index in [1.165, 1.54) is 5.56 Å². The molecule has 98 valence electrons. The van der Waals surface area contributed by atoms with Crippen molar-refractivity contribution in [3.8, 4) is 5.75 Å². The van der Waals surface area contributed by atoms with Crippen molar-refractivity contribution in [2.75, 3.05) is 32.1 Å². The molecule has 3 atom stereocenters. The van der Waals surface area contributed by atoms with Gasteiger partial charge in [-0.1, -0.05) is 6.07 Å². The van der Waals surface area contributed by atoms with Gasteiger partial charge in [-0.25, -0.2) is 0 Å². The fourth-order valence-corrected chi connectivity index (χ4v) is 3.26. The van der Waals surface area contributed by atoms with Gasteiger partial charge in [-0.2, -0.15) is 0 Å². The van der Waals surface area contributed by atoms with Crippen LogP contribution in [-0.2, 0) is 0 Å².